The SMILES string of the molecule is C=Cc1nc(C)[nH]c1C=C(C)C. The minimum absolute atomic E-state index is 0.925. The smallest absolute Gasteiger partial charge is 0.104 e. The first-order chi connectivity index (χ1) is 5.63. The Morgan fingerprint density at radius 2 is 2.17 bits per heavy atom. The van der Waals surface area contributed by atoms with Gasteiger partial charge in [0.15, 0.2) is 0 Å². The lowest BCUT2D eigenvalue weighted by Crippen LogP contribution is -1.77. The molecule has 0 aliphatic carbocycles. The third-order valence-corrected chi connectivity index (χ3v) is 1.51. The van der Waals surface area contributed by atoms with Gasteiger partial charge in [0, 0.05) is 0 Å². The van der Waals surface area contributed by atoms with E-state index in [1.54, 1.807) is 6.08 Å². The second-order valence-corrected chi connectivity index (χ2v) is 3.05. The van der Waals surface area contributed by atoms with E-state index in [1.165, 1.54) is 5.57 Å². The van der Waals surface area contributed by atoms with E-state index in [1.807, 2.05) is 6.92 Å². The molecule has 2 nitrogen and oxygen atoms in total. The molecule has 64 valence electrons. The number of nitrogens with one attached hydrogen (secondary N) is 1. The molecule has 0 saturated carbocycles. The number of allylic oxidation sites excluding steroid dienone is 1. The molecule has 0 bridgehead atoms. The molecule has 0 saturated heterocycles. The summed E-state index contributed by atoms with van der Waals surface area (Å²) in [6.45, 7) is 9.76. The van der Waals surface area contributed by atoms with Gasteiger partial charge in [0.2, 0.25) is 0 Å². The van der Waals surface area contributed by atoms with Crippen LogP contribution in [0.3, 0.4) is 0 Å². The van der Waals surface area contributed by atoms with Crippen molar-refractivity contribution in [2.24, 2.45) is 0 Å². The fourth-order valence-corrected chi connectivity index (χ4v) is 1.08. The van der Waals surface area contributed by atoms with Gasteiger partial charge in [0.1, 0.15) is 5.82 Å². The molecule has 0 aliphatic heterocycles. The molecule has 1 aromatic rings. The summed E-state index contributed by atoms with van der Waals surface area (Å²) in [6, 6.07) is 0. The lowest BCUT2D eigenvalue weighted by atomic mass is 10.2. The van der Waals surface area contributed by atoms with Crippen LogP contribution in [0.4, 0.5) is 0 Å². The van der Waals surface area contributed by atoms with Gasteiger partial charge in [-0.2, -0.15) is 0 Å². The zero-order chi connectivity index (χ0) is 9.14. The number of hydrogen-bond donors (Lipinski definition) is 1. The van der Waals surface area contributed by atoms with Crippen LogP contribution >= 0.6 is 0 Å². The average Bonchev–Trinajstić information content (AvgIpc) is 2.29. The molecule has 2 heteroatoms. The van der Waals surface area contributed by atoms with Gasteiger partial charge in [0.05, 0.1) is 11.4 Å². The number of rotatable bonds is 2. The summed E-state index contributed by atoms with van der Waals surface area (Å²) in [5.74, 6) is 0.928. The fraction of sp³-hybridized carbons (Fsp3) is 0.300. The van der Waals surface area contributed by atoms with Crippen LogP contribution in [-0.4, -0.2) is 9.97 Å². The number of H-pyrrole nitrogens is 1. The highest BCUT2D eigenvalue weighted by Crippen LogP contribution is 2.11. The van der Waals surface area contributed by atoms with Crippen LogP contribution in [0.1, 0.15) is 31.1 Å². The minimum Gasteiger partial charge on any atom is -0.342 e. The maximum atomic E-state index is 4.26. The van der Waals surface area contributed by atoms with Gasteiger partial charge < -0.3 is 4.98 Å². The van der Waals surface area contributed by atoms with E-state index in [0.717, 1.165) is 17.2 Å². The van der Waals surface area contributed by atoms with Crippen LogP contribution in [0.5, 0.6) is 0 Å². The first-order valence-electron chi connectivity index (χ1n) is 3.97. The van der Waals surface area contributed by atoms with Crippen molar-refractivity contribution in [2.75, 3.05) is 0 Å². The predicted octanol–water partition coefficient (Wildman–Crippen LogP) is 2.78. The van der Waals surface area contributed by atoms with Crippen molar-refractivity contribution in [1.82, 2.24) is 9.97 Å². The largest absolute Gasteiger partial charge is 0.342 e. The van der Waals surface area contributed by atoms with Crippen molar-refractivity contribution < 1.29 is 0 Å². The normalized spacial score (nSPS) is 9.58. The fourth-order valence-electron chi connectivity index (χ4n) is 1.08. The monoisotopic (exact) mass is 162 g/mol. The van der Waals surface area contributed by atoms with Gasteiger partial charge >= 0.3 is 0 Å². The first-order valence-corrected chi connectivity index (χ1v) is 3.97. The molecule has 0 atom stereocenters. The van der Waals surface area contributed by atoms with Crippen molar-refractivity contribution in [3.8, 4) is 0 Å². The van der Waals surface area contributed by atoms with E-state index in [0.29, 0.717) is 0 Å². The van der Waals surface area contributed by atoms with Gasteiger partial charge in [-0.1, -0.05) is 12.2 Å². The van der Waals surface area contributed by atoms with Crippen LogP contribution in [0.25, 0.3) is 12.2 Å². The summed E-state index contributed by atoms with van der Waals surface area (Å²) in [7, 11) is 0. The molecular formula is C10H14N2. The van der Waals surface area contributed by atoms with Crippen LogP contribution in [0, 0.1) is 6.92 Å². The van der Waals surface area contributed by atoms with E-state index in [2.05, 4.69) is 36.5 Å². The summed E-state index contributed by atoms with van der Waals surface area (Å²) >= 11 is 0. The van der Waals surface area contributed by atoms with Crippen molar-refractivity contribution in [1.29, 1.82) is 0 Å². The summed E-state index contributed by atoms with van der Waals surface area (Å²) in [6.07, 6.45) is 3.83. The summed E-state index contributed by atoms with van der Waals surface area (Å²) < 4.78 is 0. The molecule has 0 unspecified atom stereocenters. The van der Waals surface area contributed by atoms with E-state index >= 15 is 0 Å². The van der Waals surface area contributed by atoms with E-state index < -0.39 is 0 Å². The molecule has 0 spiro atoms. The number of hydrogen-bond acceptors (Lipinski definition) is 1. The Bertz CT molecular complexity index is 315. The van der Waals surface area contributed by atoms with Crippen molar-refractivity contribution >= 4 is 12.2 Å². The van der Waals surface area contributed by atoms with Gasteiger partial charge in [-0.25, -0.2) is 4.98 Å². The summed E-state index contributed by atoms with van der Waals surface area (Å²) in [5.41, 5.74) is 3.22. The highest BCUT2D eigenvalue weighted by Gasteiger charge is 2.00. The van der Waals surface area contributed by atoms with E-state index in [4.69, 9.17) is 0 Å². The van der Waals surface area contributed by atoms with Gasteiger partial charge in [-0.3, -0.25) is 0 Å². The maximum Gasteiger partial charge on any atom is 0.104 e. The first kappa shape index (κ1) is 8.78. The van der Waals surface area contributed by atoms with E-state index in [-0.39, 0.29) is 0 Å². The van der Waals surface area contributed by atoms with Gasteiger partial charge in [-0.15, -0.1) is 0 Å². The molecule has 1 rings (SSSR count). The second kappa shape index (κ2) is 3.39. The molecule has 0 fully saturated rings. The zero-order valence-corrected chi connectivity index (χ0v) is 7.81. The highest BCUT2D eigenvalue weighted by molar-refractivity contribution is 5.60. The Hall–Kier alpha value is -1.31. The predicted molar refractivity (Wildman–Crippen MR) is 52.7 cm³/mol. The maximum absolute atomic E-state index is 4.26. The Morgan fingerprint density at radius 1 is 1.50 bits per heavy atom. The molecule has 12 heavy (non-hydrogen) atoms. The van der Waals surface area contributed by atoms with E-state index in [9.17, 15) is 0 Å². The summed E-state index contributed by atoms with van der Waals surface area (Å²) in [4.78, 5) is 7.43. The Kier molecular flexibility index (Phi) is 2.48. The Labute approximate surface area is 73.0 Å². The van der Waals surface area contributed by atoms with Crippen LogP contribution in [0.15, 0.2) is 12.2 Å². The van der Waals surface area contributed by atoms with Crippen molar-refractivity contribution in [2.45, 2.75) is 20.8 Å². The molecule has 0 aromatic carbocycles. The Balaban J connectivity index is 3.13. The molecule has 0 amide bonds. The quantitative estimate of drug-likeness (QED) is 0.711. The van der Waals surface area contributed by atoms with Crippen LogP contribution < -0.4 is 0 Å². The minimum atomic E-state index is 0.925. The lowest BCUT2D eigenvalue weighted by molar-refractivity contribution is 1.14. The highest BCUT2D eigenvalue weighted by atomic mass is 14.9. The topological polar surface area (TPSA) is 28.7 Å². The number of aromatic amines is 1. The summed E-state index contributed by atoms with van der Waals surface area (Å²) in [5, 5.41) is 0. The van der Waals surface area contributed by atoms with Gasteiger partial charge in [0.25, 0.3) is 0 Å². The molecular weight excluding hydrogens is 148 g/mol. The van der Waals surface area contributed by atoms with Crippen LogP contribution in [-0.2, 0) is 0 Å². The van der Waals surface area contributed by atoms with Crippen molar-refractivity contribution in [3.05, 3.63) is 29.4 Å². The number of nitrogens with zero attached hydrogens (tertiary/aromatic N) is 1. The zero-order valence-electron chi connectivity index (χ0n) is 7.81. The van der Waals surface area contributed by atoms with Crippen molar-refractivity contribution in [3.63, 3.8) is 0 Å². The molecule has 1 N–H and O–H groups in total. The van der Waals surface area contributed by atoms with Gasteiger partial charge in [-0.05, 0) is 32.9 Å². The van der Waals surface area contributed by atoms with Crippen LogP contribution in [0.2, 0.25) is 0 Å². The third kappa shape index (κ3) is 1.84. The third-order valence-electron chi connectivity index (χ3n) is 1.51. The lowest BCUT2D eigenvalue weighted by Gasteiger charge is -1.90. The molecule has 1 aromatic heterocycles. The number of aromatic nitrogens is 2. The number of aryl methyl sites for hydroxylation is 1. The second-order valence-electron chi connectivity index (χ2n) is 3.05. The molecule has 1 heterocycles. The standard InChI is InChI=1S/C10H14N2/c1-5-9-10(6-7(2)3)12-8(4)11-9/h5-6H,1H2,2-4H3,(H,11,12). The Morgan fingerprint density at radius 3 is 2.67 bits per heavy atom. The molecule has 0 aliphatic rings. The average molecular weight is 162 g/mol. The molecule has 0 radical (unpaired) electrons. The number of imidazole rings is 1.